The zero-order chi connectivity index (χ0) is 11.9. The van der Waals surface area contributed by atoms with Crippen LogP contribution in [0.2, 0.25) is 0 Å². The molecule has 0 radical (unpaired) electrons. The first-order valence-electron chi connectivity index (χ1n) is 5.23. The minimum absolute atomic E-state index is 0.0670. The van der Waals surface area contributed by atoms with Crippen LogP contribution in [0.25, 0.3) is 0 Å². The Kier molecular flexibility index (Phi) is 7.36. The molecule has 5 heteroatoms. The van der Waals surface area contributed by atoms with E-state index >= 15 is 0 Å². The van der Waals surface area contributed by atoms with Gasteiger partial charge < -0.3 is 0 Å². The van der Waals surface area contributed by atoms with Crippen molar-refractivity contribution in [3.05, 3.63) is 0 Å². The Balaban J connectivity index is 3.84. The summed E-state index contributed by atoms with van der Waals surface area (Å²) >= 11 is 5.49. The molecule has 0 aromatic carbocycles. The second kappa shape index (κ2) is 7.34. The smallest absolute Gasteiger partial charge is 0.293 e. The largest absolute Gasteiger partial charge is 0.401 e. The van der Waals surface area contributed by atoms with Crippen LogP contribution in [0.3, 0.4) is 0 Å². The molecule has 0 unspecified atom stereocenters. The molecule has 0 heterocycles. The Hall–Kier alpha value is 0.0400. The third-order valence-corrected chi connectivity index (χ3v) is 2.46. The van der Waals surface area contributed by atoms with Crippen LogP contribution < -0.4 is 0 Å². The van der Waals surface area contributed by atoms with Crippen LogP contribution >= 0.6 is 11.6 Å². The highest BCUT2D eigenvalue weighted by molar-refractivity contribution is 6.17. The van der Waals surface area contributed by atoms with Crippen molar-refractivity contribution >= 4 is 11.6 Å². The summed E-state index contributed by atoms with van der Waals surface area (Å²) in [5.74, 6) is 0.584. The van der Waals surface area contributed by atoms with Crippen molar-refractivity contribution in [3.8, 4) is 0 Å². The van der Waals surface area contributed by atoms with Crippen molar-refractivity contribution in [2.24, 2.45) is 0 Å². The topological polar surface area (TPSA) is 3.24 Å². The van der Waals surface area contributed by atoms with Crippen molar-refractivity contribution in [1.82, 2.24) is 4.90 Å². The SMILES string of the molecule is CC(C)N(CCCCCCl)CC(F)(F)F. The summed E-state index contributed by atoms with van der Waals surface area (Å²) < 4.78 is 36.5. The van der Waals surface area contributed by atoms with Gasteiger partial charge in [-0.15, -0.1) is 11.6 Å². The molecule has 0 amide bonds. The monoisotopic (exact) mass is 245 g/mol. The zero-order valence-electron chi connectivity index (χ0n) is 9.28. The molecule has 1 nitrogen and oxygen atoms in total. The number of alkyl halides is 4. The Bertz CT molecular complexity index is 159. The van der Waals surface area contributed by atoms with Gasteiger partial charge >= 0.3 is 6.18 Å². The number of hydrogen-bond acceptors (Lipinski definition) is 1. The van der Waals surface area contributed by atoms with Gasteiger partial charge in [0.05, 0.1) is 6.54 Å². The van der Waals surface area contributed by atoms with E-state index in [1.54, 1.807) is 13.8 Å². The van der Waals surface area contributed by atoms with Crippen LogP contribution in [0.1, 0.15) is 33.1 Å². The van der Waals surface area contributed by atoms with E-state index in [1.165, 1.54) is 4.90 Å². The lowest BCUT2D eigenvalue weighted by molar-refractivity contribution is -0.149. The predicted molar refractivity (Wildman–Crippen MR) is 57.3 cm³/mol. The first-order valence-corrected chi connectivity index (χ1v) is 5.77. The van der Waals surface area contributed by atoms with E-state index in [0.29, 0.717) is 12.4 Å². The van der Waals surface area contributed by atoms with Crippen molar-refractivity contribution < 1.29 is 13.2 Å². The second-order valence-electron chi connectivity index (χ2n) is 3.93. The van der Waals surface area contributed by atoms with E-state index in [4.69, 9.17) is 11.6 Å². The standard InChI is InChI=1S/C10H19ClF3N/c1-9(2)15(8-10(12,13)14)7-5-3-4-6-11/h9H,3-8H2,1-2H3. The summed E-state index contributed by atoms with van der Waals surface area (Å²) in [7, 11) is 0. The maximum absolute atomic E-state index is 12.2. The van der Waals surface area contributed by atoms with Crippen LogP contribution in [0, 0.1) is 0 Å². The molecular formula is C10H19ClF3N. The van der Waals surface area contributed by atoms with Gasteiger partial charge in [0.1, 0.15) is 0 Å². The fourth-order valence-corrected chi connectivity index (χ4v) is 1.53. The van der Waals surface area contributed by atoms with Crippen LogP contribution in [0.4, 0.5) is 13.2 Å². The van der Waals surface area contributed by atoms with E-state index in [1.807, 2.05) is 0 Å². The molecule has 0 aromatic rings. The van der Waals surface area contributed by atoms with Crippen molar-refractivity contribution in [1.29, 1.82) is 0 Å². The quantitative estimate of drug-likeness (QED) is 0.489. The van der Waals surface area contributed by atoms with E-state index in [2.05, 4.69) is 0 Å². The van der Waals surface area contributed by atoms with E-state index in [-0.39, 0.29) is 6.04 Å². The molecule has 0 saturated carbocycles. The molecule has 0 spiro atoms. The molecule has 0 aliphatic heterocycles. The highest BCUT2D eigenvalue weighted by Gasteiger charge is 2.31. The molecule has 0 N–H and O–H groups in total. The van der Waals surface area contributed by atoms with Gasteiger partial charge in [-0.25, -0.2) is 0 Å². The molecular weight excluding hydrogens is 227 g/mol. The maximum Gasteiger partial charge on any atom is 0.401 e. The Morgan fingerprint density at radius 3 is 2.13 bits per heavy atom. The Morgan fingerprint density at radius 1 is 1.13 bits per heavy atom. The third-order valence-electron chi connectivity index (χ3n) is 2.19. The molecule has 92 valence electrons. The predicted octanol–water partition coefficient (Wildman–Crippen LogP) is 3.67. The normalized spacial score (nSPS) is 12.8. The zero-order valence-corrected chi connectivity index (χ0v) is 10.0. The maximum atomic E-state index is 12.2. The minimum Gasteiger partial charge on any atom is -0.293 e. The minimum atomic E-state index is -4.10. The van der Waals surface area contributed by atoms with Gasteiger partial charge in [0.25, 0.3) is 0 Å². The van der Waals surface area contributed by atoms with Crippen LogP contribution in [0.5, 0.6) is 0 Å². The molecule has 0 atom stereocenters. The fourth-order valence-electron chi connectivity index (χ4n) is 1.34. The molecule has 0 aliphatic carbocycles. The van der Waals surface area contributed by atoms with Crippen molar-refractivity contribution in [3.63, 3.8) is 0 Å². The molecule has 0 fully saturated rings. The lowest BCUT2D eigenvalue weighted by Crippen LogP contribution is -2.39. The van der Waals surface area contributed by atoms with E-state index in [9.17, 15) is 13.2 Å². The number of hydrogen-bond donors (Lipinski definition) is 0. The summed E-state index contributed by atoms with van der Waals surface area (Å²) in [6.45, 7) is 3.25. The molecule has 15 heavy (non-hydrogen) atoms. The third kappa shape index (κ3) is 9.00. The first-order chi connectivity index (χ1) is 6.87. The Labute approximate surface area is 94.6 Å². The van der Waals surface area contributed by atoms with E-state index in [0.717, 1.165) is 19.3 Å². The first kappa shape index (κ1) is 15.0. The molecule has 0 rings (SSSR count). The lowest BCUT2D eigenvalue weighted by atomic mass is 10.2. The lowest BCUT2D eigenvalue weighted by Gasteiger charge is -2.27. The van der Waals surface area contributed by atoms with Gasteiger partial charge in [-0.05, 0) is 33.2 Å². The van der Waals surface area contributed by atoms with Crippen LogP contribution in [-0.4, -0.2) is 36.1 Å². The summed E-state index contributed by atoms with van der Waals surface area (Å²) in [6.07, 6.45) is -1.55. The number of nitrogens with zero attached hydrogens (tertiary/aromatic N) is 1. The second-order valence-corrected chi connectivity index (χ2v) is 4.31. The Morgan fingerprint density at radius 2 is 1.73 bits per heavy atom. The summed E-state index contributed by atoms with van der Waals surface area (Å²) in [4.78, 5) is 1.45. The van der Waals surface area contributed by atoms with Gasteiger partial charge in [-0.2, -0.15) is 13.2 Å². The fraction of sp³-hybridized carbons (Fsp3) is 1.00. The van der Waals surface area contributed by atoms with Crippen molar-refractivity contribution in [2.75, 3.05) is 19.0 Å². The van der Waals surface area contributed by atoms with Crippen LogP contribution in [0.15, 0.2) is 0 Å². The molecule has 0 saturated heterocycles. The summed E-state index contributed by atoms with van der Waals surface area (Å²) in [5, 5.41) is 0. The molecule has 0 aromatic heterocycles. The van der Waals surface area contributed by atoms with Gasteiger partial charge in [-0.1, -0.05) is 6.42 Å². The summed E-state index contributed by atoms with van der Waals surface area (Å²) in [5.41, 5.74) is 0. The van der Waals surface area contributed by atoms with Crippen LogP contribution in [-0.2, 0) is 0 Å². The van der Waals surface area contributed by atoms with Gasteiger partial charge in [-0.3, -0.25) is 4.90 Å². The highest BCUT2D eigenvalue weighted by Crippen LogP contribution is 2.18. The van der Waals surface area contributed by atoms with E-state index < -0.39 is 12.7 Å². The number of unbranched alkanes of at least 4 members (excludes halogenated alkanes) is 2. The summed E-state index contributed by atoms with van der Waals surface area (Å²) in [6, 6.07) is -0.0670. The molecule has 0 aliphatic rings. The highest BCUT2D eigenvalue weighted by atomic mass is 35.5. The van der Waals surface area contributed by atoms with Crippen molar-refractivity contribution in [2.45, 2.75) is 45.3 Å². The van der Waals surface area contributed by atoms with Gasteiger partial charge in [0.2, 0.25) is 0 Å². The van der Waals surface area contributed by atoms with Gasteiger partial charge in [0, 0.05) is 11.9 Å². The molecule has 0 bridgehead atoms. The number of rotatable bonds is 7. The number of halogens is 4. The average molecular weight is 246 g/mol. The average Bonchev–Trinajstić information content (AvgIpc) is 2.08. The van der Waals surface area contributed by atoms with Gasteiger partial charge in [0.15, 0.2) is 0 Å².